The Kier molecular flexibility index (Phi) is 5.25. The number of carbonyl (C=O) groups is 1. The van der Waals surface area contributed by atoms with Crippen LogP contribution in [0, 0.1) is 6.92 Å². The monoisotopic (exact) mass is 353 g/mol. The zero-order valence-electron chi connectivity index (χ0n) is 14.3. The lowest BCUT2D eigenvalue weighted by Crippen LogP contribution is -2.32. The minimum Gasteiger partial charge on any atom is -0.481 e. The number of carbonyl (C=O) groups excluding carboxylic acids is 1. The highest BCUT2D eigenvalue weighted by atomic mass is 35.5. The number of hydrogen-bond acceptors (Lipinski definition) is 2. The van der Waals surface area contributed by atoms with Crippen LogP contribution >= 0.6 is 11.6 Å². The molecule has 3 nitrogen and oxygen atoms in total. The average Bonchev–Trinajstić information content (AvgIpc) is 2.63. The van der Waals surface area contributed by atoms with E-state index in [0.717, 1.165) is 16.3 Å². The molecular formula is C21H20ClNO2. The van der Waals surface area contributed by atoms with Crippen LogP contribution in [-0.2, 0) is 4.79 Å². The van der Waals surface area contributed by atoms with E-state index in [9.17, 15) is 4.79 Å². The largest absolute Gasteiger partial charge is 0.481 e. The van der Waals surface area contributed by atoms with Gasteiger partial charge in [0.15, 0.2) is 6.10 Å². The number of fused-ring (bicyclic) bond motifs is 1. The highest BCUT2D eigenvalue weighted by Crippen LogP contribution is 2.25. The molecule has 0 aliphatic heterocycles. The predicted molar refractivity (Wildman–Crippen MR) is 103 cm³/mol. The van der Waals surface area contributed by atoms with Gasteiger partial charge in [-0.1, -0.05) is 54.9 Å². The molecule has 128 valence electrons. The van der Waals surface area contributed by atoms with Gasteiger partial charge in [-0.15, -0.1) is 0 Å². The van der Waals surface area contributed by atoms with Crippen molar-refractivity contribution < 1.29 is 9.53 Å². The fraction of sp³-hybridized carbons (Fsp3) is 0.190. The molecule has 0 heterocycles. The summed E-state index contributed by atoms with van der Waals surface area (Å²) in [5.74, 6) is 0.504. The predicted octanol–water partition coefficient (Wildman–Crippen LogP) is 5.60. The molecular weight excluding hydrogens is 334 g/mol. The van der Waals surface area contributed by atoms with Crippen molar-refractivity contribution in [3.8, 4) is 5.75 Å². The van der Waals surface area contributed by atoms with Crippen molar-refractivity contribution in [3.05, 3.63) is 71.2 Å². The second-order valence-corrected chi connectivity index (χ2v) is 6.33. The summed E-state index contributed by atoms with van der Waals surface area (Å²) in [5, 5.41) is 5.76. The number of ether oxygens (including phenoxy) is 1. The van der Waals surface area contributed by atoms with Crippen LogP contribution in [0.4, 0.5) is 5.69 Å². The Labute approximate surface area is 152 Å². The SMILES string of the molecule is CC[C@@H](Oc1ccc2ccccc2c1)C(=O)Nc1cccc(Cl)c1C. The van der Waals surface area contributed by atoms with E-state index in [-0.39, 0.29) is 5.91 Å². The van der Waals surface area contributed by atoms with Crippen LogP contribution in [-0.4, -0.2) is 12.0 Å². The van der Waals surface area contributed by atoms with Crippen molar-refractivity contribution in [2.24, 2.45) is 0 Å². The topological polar surface area (TPSA) is 38.3 Å². The molecule has 1 N–H and O–H groups in total. The second-order valence-electron chi connectivity index (χ2n) is 5.93. The Morgan fingerprint density at radius 1 is 1.08 bits per heavy atom. The van der Waals surface area contributed by atoms with Crippen LogP contribution < -0.4 is 10.1 Å². The van der Waals surface area contributed by atoms with Gasteiger partial charge in [0.1, 0.15) is 5.75 Å². The van der Waals surface area contributed by atoms with Crippen molar-refractivity contribution in [2.75, 3.05) is 5.32 Å². The summed E-state index contributed by atoms with van der Waals surface area (Å²) in [5.41, 5.74) is 1.55. The molecule has 0 saturated carbocycles. The molecule has 25 heavy (non-hydrogen) atoms. The van der Waals surface area contributed by atoms with E-state index in [1.165, 1.54) is 0 Å². The highest BCUT2D eigenvalue weighted by molar-refractivity contribution is 6.31. The zero-order chi connectivity index (χ0) is 17.8. The Bertz CT molecular complexity index is 907. The molecule has 0 unspecified atom stereocenters. The van der Waals surface area contributed by atoms with E-state index < -0.39 is 6.10 Å². The summed E-state index contributed by atoms with van der Waals surface area (Å²) >= 11 is 6.11. The van der Waals surface area contributed by atoms with Crippen LogP contribution in [0.15, 0.2) is 60.7 Å². The molecule has 0 aromatic heterocycles. The molecule has 3 rings (SSSR count). The van der Waals surface area contributed by atoms with Gasteiger partial charge in [0.25, 0.3) is 5.91 Å². The quantitative estimate of drug-likeness (QED) is 0.648. The maximum atomic E-state index is 12.6. The third-order valence-corrected chi connectivity index (χ3v) is 4.60. The number of anilines is 1. The van der Waals surface area contributed by atoms with Crippen molar-refractivity contribution in [1.29, 1.82) is 0 Å². The fourth-order valence-corrected chi connectivity index (χ4v) is 2.86. The van der Waals surface area contributed by atoms with Gasteiger partial charge >= 0.3 is 0 Å². The lowest BCUT2D eigenvalue weighted by Gasteiger charge is -2.18. The third-order valence-electron chi connectivity index (χ3n) is 4.19. The van der Waals surface area contributed by atoms with E-state index in [0.29, 0.717) is 22.9 Å². The Hall–Kier alpha value is -2.52. The molecule has 4 heteroatoms. The summed E-state index contributed by atoms with van der Waals surface area (Å²) in [7, 11) is 0. The lowest BCUT2D eigenvalue weighted by molar-refractivity contribution is -0.122. The molecule has 0 fully saturated rings. The number of halogens is 1. The van der Waals surface area contributed by atoms with Gasteiger partial charge in [-0.3, -0.25) is 4.79 Å². The van der Waals surface area contributed by atoms with E-state index in [4.69, 9.17) is 16.3 Å². The first-order chi connectivity index (χ1) is 12.1. The second kappa shape index (κ2) is 7.58. The number of rotatable bonds is 5. The lowest BCUT2D eigenvalue weighted by atomic mass is 10.1. The third kappa shape index (κ3) is 3.94. The van der Waals surface area contributed by atoms with Gasteiger partial charge in [-0.05, 0) is 53.9 Å². The molecule has 3 aromatic rings. The standard InChI is InChI=1S/C21H20ClNO2/c1-3-20(21(24)23-19-10-6-9-18(22)14(19)2)25-17-12-11-15-7-4-5-8-16(15)13-17/h4-13,20H,3H2,1-2H3,(H,23,24)/t20-/m1/s1. The van der Waals surface area contributed by atoms with Crippen LogP contribution in [0.3, 0.4) is 0 Å². The summed E-state index contributed by atoms with van der Waals surface area (Å²) in [6.07, 6.45) is -0.00214. The molecule has 1 atom stereocenters. The summed E-state index contributed by atoms with van der Waals surface area (Å²) in [6, 6.07) is 19.3. The number of amides is 1. The number of hydrogen-bond donors (Lipinski definition) is 1. The first-order valence-corrected chi connectivity index (χ1v) is 8.67. The molecule has 0 bridgehead atoms. The van der Waals surface area contributed by atoms with Gasteiger partial charge in [0.05, 0.1) is 0 Å². The van der Waals surface area contributed by atoms with Gasteiger partial charge in [0.2, 0.25) is 0 Å². The first-order valence-electron chi connectivity index (χ1n) is 8.30. The van der Waals surface area contributed by atoms with Gasteiger partial charge in [0, 0.05) is 10.7 Å². The summed E-state index contributed by atoms with van der Waals surface area (Å²) in [6.45, 7) is 3.80. The van der Waals surface area contributed by atoms with E-state index in [1.807, 2.05) is 68.4 Å². The Balaban J connectivity index is 1.76. The van der Waals surface area contributed by atoms with Crippen molar-refractivity contribution in [1.82, 2.24) is 0 Å². The van der Waals surface area contributed by atoms with Crippen LogP contribution in [0.1, 0.15) is 18.9 Å². The number of benzene rings is 3. The van der Waals surface area contributed by atoms with Crippen LogP contribution in [0.2, 0.25) is 5.02 Å². The number of nitrogens with one attached hydrogen (secondary N) is 1. The smallest absolute Gasteiger partial charge is 0.265 e. The van der Waals surface area contributed by atoms with E-state index in [2.05, 4.69) is 5.32 Å². The zero-order valence-corrected chi connectivity index (χ0v) is 15.0. The van der Waals surface area contributed by atoms with E-state index >= 15 is 0 Å². The molecule has 1 amide bonds. The van der Waals surface area contributed by atoms with Gasteiger partial charge < -0.3 is 10.1 Å². The summed E-state index contributed by atoms with van der Waals surface area (Å²) < 4.78 is 5.93. The Morgan fingerprint density at radius 3 is 2.60 bits per heavy atom. The molecule has 0 spiro atoms. The maximum absolute atomic E-state index is 12.6. The molecule has 0 saturated heterocycles. The molecule has 0 aliphatic rings. The van der Waals surface area contributed by atoms with Gasteiger partial charge in [-0.2, -0.15) is 0 Å². The normalized spacial score (nSPS) is 12.0. The minimum atomic E-state index is -0.570. The molecule has 0 aliphatic carbocycles. The molecule has 3 aromatic carbocycles. The minimum absolute atomic E-state index is 0.180. The van der Waals surface area contributed by atoms with Gasteiger partial charge in [-0.25, -0.2) is 0 Å². The molecule has 0 radical (unpaired) electrons. The maximum Gasteiger partial charge on any atom is 0.265 e. The summed E-state index contributed by atoms with van der Waals surface area (Å²) in [4.78, 5) is 12.6. The fourth-order valence-electron chi connectivity index (χ4n) is 2.68. The van der Waals surface area contributed by atoms with Crippen molar-refractivity contribution >= 4 is 34.0 Å². The van der Waals surface area contributed by atoms with Crippen LogP contribution in [0.5, 0.6) is 5.75 Å². The van der Waals surface area contributed by atoms with Crippen molar-refractivity contribution in [3.63, 3.8) is 0 Å². The van der Waals surface area contributed by atoms with Crippen LogP contribution in [0.25, 0.3) is 10.8 Å². The first kappa shape index (κ1) is 17.3. The van der Waals surface area contributed by atoms with Crippen molar-refractivity contribution in [2.45, 2.75) is 26.4 Å². The van der Waals surface area contributed by atoms with E-state index in [1.54, 1.807) is 6.07 Å². The highest BCUT2D eigenvalue weighted by Gasteiger charge is 2.19. The Morgan fingerprint density at radius 2 is 1.84 bits per heavy atom. The average molecular weight is 354 g/mol.